The van der Waals surface area contributed by atoms with E-state index in [0.717, 1.165) is 0 Å². The van der Waals surface area contributed by atoms with Gasteiger partial charge in [0.25, 0.3) is 0 Å². The van der Waals surface area contributed by atoms with Crippen molar-refractivity contribution in [3.8, 4) is 0 Å². The molecule has 0 fully saturated rings. The van der Waals surface area contributed by atoms with E-state index in [-0.39, 0.29) is 5.22 Å². The molecule has 1 atom stereocenters. The van der Waals surface area contributed by atoms with E-state index in [2.05, 4.69) is 0 Å². The summed E-state index contributed by atoms with van der Waals surface area (Å²) in [6.45, 7) is 0. The lowest BCUT2D eigenvalue weighted by molar-refractivity contribution is 0.219. The van der Waals surface area contributed by atoms with Crippen LogP contribution in [0.3, 0.4) is 0 Å². The molecule has 1 unspecified atom stereocenters. The highest BCUT2D eigenvalue weighted by molar-refractivity contribution is 6.30. The Labute approximate surface area is 97.0 Å². The Kier molecular flexibility index (Phi) is 3.00. The van der Waals surface area contributed by atoms with Gasteiger partial charge in [-0.3, -0.25) is 0 Å². The third-order valence-corrected chi connectivity index (χ3v) is 2.65. The molecule has 78 valence electrons. The fraction of sp³-hybridized carbons (Fsp3) is 0.0909. The highest BCUT2D eigenvalue weighted by Crippen LogP contribution is 2.29. The van der Waals surface area contributed by atoms with Gasteiger partial charge in [0.2, 0.25) is 0 Å². The molecule has 1 heterocycles. The minimum absolute atomic E-state index is 0.197. The first-order valence-corrected chi connectivity index (χ1v) is 5.10. The Morgan fingerprint density at radius 1 is 1.20 bits per heavy atom. The van der Waals surface area contributed by atoms with Gasteiger partial charge in [-0.15, -0.1) is 0 Å². The molecule has 1 aromatic carbocycles. The van der Waals surface area contributed by atoms with Crippen LogP contribution in [-0.4, -0.2) is 5.11 Å². The minimum Gasteiger partial charge on any atom is -0.453 e. The maximum absolute atomic E-state index is 9.98. The van der Waals surface area contributed by atoms with Crippen molar-refractivity contribution in [2.45, 2.75) is 6.10 Å². The molecule has 0 spiro atoms. The van der Waals surface area contributed by atoms with Crippen molar-refractivity contribution in [1.29, 1.82) is 0 Å². The molecule has 0 bridgehead atoms. The summed E-state index contributed by atoms with van der Waals surface area (Å²) in [4.78, 5) is 0. The van der Waals surface area contributed by atoms with Crippen molar-refractivity contribution in [3.63, 3.8) is 0 Å². The van der Waals surface area contributed by atoms with Gasteiger partial charge in [-0.1, -0.05) is 23.7 Å². The molecule has 4 heteroatoms. The van der Waals surface area contributed by atoms with E-state index in [0.29, 0.717) is 16.1 Å². The second-order valence-corrected chi connectivity index (χ2v) is 3.89. The van der Waals surface area contributed by atoms with Gasteiger partial charge >= 0.3 is 0 Å². The van der Waals surface area contributed by atoms with Crippen LogP contribution in [-0.2, 0) is 0 Å². The van der Waals surface area contributed by atoms with Crippen LogP contribution in [0.2, 0.25) is 10.2 Å². The second kappa shape index (κ2) is 4.27. The first kappa shape index (κ1) is 10.6. The van der Waals surface area contributed by atoms with E-state index in [1.807, 2.05) is 0 Å². The highest BCUT2D eigenvalue weighted by Gasteiger charge is 2.16. The third-order valence-electron chi connectivity index (χ3n) is 2.11. The van der Waals surface area contributed by atoms with Crippen LogP contribution in [0.15, 0.2) is 41.0 Å². The number of benzene rings is 1. The predicted molar refractivity (Wildman–Crippen MR) is 59.2 cm³/mol. The fourth-order valence-electron chi connectivity index (χ4n) is 1.36. The third kappa shape index (κ3) is 2.17. The quantitative estimate of drug-likeness (QED) is 0.872. The number of aliphatic hydroxyl groups excluding tert-OH is 1. The molecule has 2 rings (SSSR count). The maximum atomic E-state index is 9.98. The Morgan fingerprint density at radius 2 is 2.00 bits per heavy atom. The molecule has 0 amide bonds. The Bertz CT molecular complexity index is 465. The monoisotopic (exact) mass is 242 g/mol. The Balaban J connectivity index is 2.36. The first-order valence-electron chi connectivity index (χ1n) is 4.35. The van der Waals surface area contributed by atoms with E-state index in [9.17, 15) is 5.11 Å². The molecule has 0 aliphatic heterocycles. The molecule has 1 N–H and O–H groups in total. The van der Waals surface area contributed by atoms with Crippen molar-refractivity contribution >= 4 is 23.2 Å². The zero-order valence-corrected chi connectivity index (χ0v) is 9.16. The van der Waals surface area contributed by atoms with Gasteiger partial charge in [0.15, 0.2) is 5.22 Å². The van der Waals surface area contributed by atoms with Crippen LogP contribution in [0.1, 0.15) is 17.2 Å². The van der Waals surface area contributed by atoms with Gasteiger partial charge < -0.3 is 9.52 Å². The van der Waals surface area contributed by atoms with Crippen LogP contribution in [0.4, 0.5) is 0 Å². The molecule has 2 aromatic rings. The SMILES string of the molecule is OC(c1cccc(Cl)c1)c1ccoc1Cl. The summed E-state index contributed by atoms with van der Waals surface area (Å²) < 4.78 is 4.91. The number of halogens is 2. The summed E-state index contributed by atoms with van der Waals surface area (Å²) in [6, 6.07) is 8.62. The number of hydrogen-bond donors (Lipinski definition) is 1. The lowest BCUT2D eigenvalue weighted by Gasteiger charge is -2.09. The largest absolute Gasteiger partial charge is 0.453 e. The molecule has 0 saturated carbocycles. The fourth-order valence-corrected chi connectivity index (χ4v) is 1.77. The lowest BCUT2D eigenvalue weighted by Crippen LogP contribution is -1.98. The van der Waals surface area contributed by atoms with Crippen LogP contribution in [0.5, 0.6) is 0 Å². The molecule has 0 aliphatic rings. The van der Waals surface area contributed by atoms with Crippen LogP contribution in [0.25, 0.3) is 0 Å². The van der Waals surface area contributed by atoms with E-state index >= 15 is 0 Å². The van der Waals surface area contributed by atoms with E-state index in [4.69, 9.17) is 27.6 Å². The van der Waals surface area contributed by atoms with Gasteiger partial charge in [0.1, 0.15) is 6.10 Å². The maximum Gasteiger partial charge on any atom is 0.199 e. The summed E-state index contributed by atoms with van der Waals surface area (Å²) in [5, 5.41) is 10.8. The van der Waals surface area contributed by atoms with Crippen molar-refractivity contribution in [1.82, 2.24) is 0 Å². The molecule has 2 nitrogen and oxygen atoms in total. The van der Waals surface area contributed by atoms with E-state index in [1.54, 1.807) is 30.3 Å². The smallest absolute Gasteiger partial charge is 0.199 e. The van der Waals surface area contributed by atoms with E-state index in [1.165, 1.54) is 6.26 Å². The van der Waals surface area contributed by atoms with E-state index < -0.39 is 6.10 Å². The molecular formula is C11H8Cl2O2. The second-order valence-electron chi connectivity index (χ2n) is 3.11. The normalized spacial score (nSPS) is 12.7. The Hall–Kier alpha value is -0.960. The first-order chi connectivity index (χ1) is 7.18. The summed E-state index contributed by atoms with van der Waals surface area (Å²) in [5.41, 5.74) is 1.23. The summed E-state index contributed by atoms with van der Waals surface area (Å²) >= 11 is 11.6. The van der Waals surface area contributed by atoms with Crippen molar-refractivity contribution in [2.75, 3.05) is 0 Å². The highest BCUT2D eigenvalue weighted by atomic mass is 35.5. The zero-order chi connectivity index (χ0) is 10.8. The average molecular weight is 243 g/mol. The molecule has 0 radical (unpaired) electrons. The number of aliphatic hydroxyl groups is 1. The zero-order valence-electron chi connectivity index (χ0n) is 7.65. The molecule has 0 saturated heterocycles. The van der Waals surface area contributed by atoms with Crippen LogP contribution < -0.4 is 0 Å². The number of hydrogen-bond acceptors (Lipinski definition) is 2. The molecule has 15 heavy (non-hydrogen) atoms. The summed E-state index contributed by atoms with van der Waals surface area (Å²) in [5.74, 6) is 0. The minimum atomic E-state index is -0.810. The molecular weight excluding hydrogens is 235 g/mol. The van der Waals surface area contributed by atoms with Crippen molar-refractivity contribution < 1.29 is 9.52 Å². The van der Waals surface area contributed by atoms with Gasteiger partial charge in [0.05, 0.1) is 6.26 Å². The van der Waals surface area contributed by atoms with Gasteiger partial charge in [0, 0.05) is 10.6 Å². The van der Waals surface area contributed by atoms with Crippen LogP contribution in [0, 0.1) is 0 Å². The topological polar surface area (TPSA) is 33.4 Å². The molecule has 0 aliphatic carbocycles. The Morgan fingerprint density at radius 3 is 2.60 bits per heavy atom. The number of furan rings is 1. The predicted octanol–water partition coefficient (Wildman–Crippen LogP) is 3.67. The van der Waals surface area contributed by atoms with Crippen LogP contribution >= 0.6 is 23.2 Å². The summed E-state index contributed by atoms with van der Waals surface area (Å²) in [7, 11) is 0. The van der Waals surface area contributed by atoms with Gasteiger partial charge in [-0.2, -0.15) is 0 Å². The molecule has 1 aromatic heterocycles. The average Bonchev–Trinajstić information content (AvgIpc) is 2.63. The van der Waals surface area contributed by atoms with Gasteiger partial charge in [-0.25, -0.2) is 0 Å². The number of rotatable bonds is 2. The summed E-state index contributed by atoms with van der Waals surface area (Å²) in [6.07, 6.45) is 0.626. The van der Waals surface area contributed by atoms with Crippen molar-refractivity contribution in [2.24, 2.45) is 0 Å². The standard InChI is InChI=1S/C11H8Cl2O2/c12-8-3-1-2-7(6-8)10(14)9-4-5-15-11(9)13/h1-6,10,14H. The van der Waals surface area contributed by atoms with Crippen molar-refractivity contribution in [3.05, 3.63) is 58.0 Å². The van der Waals surface area contributed by atoms with Gasteiger partial charge in [-0.05, 0) is 35.4 Å². The lowest BCUT2D eigenvalue weighted by atomic mass is 10.0.